The van der Waals surface area contributed by atoms with Crippen LogP contribution in [0.5, 0.6) is 0 Å². The summed E-state index contributed by atoms with van der Waals surface area (Å²) in [4.78, 5) is 13.1. The summed E-state index contributed by atoms with van der Waals surface area (Å²) in [6, 6.07) is 0.0838. The van der Waals surface area contributed by atoms with E-state index in [1.807, 2.05) is 0 Å². The topological polar surface area (TPSA) is 46.3 Å². The Balaban J connectivity index is 0.00000289. The zero-order valence-corrected chi connectivity index (χ0v) is 11.4. The van der Waals surface area contributed by atoms with Crippen LogP contribution in [0, 0.1) is 0 Å². The van der Waals surface area contributed by atoms with Crippen molar-refractivity contribution in [2.75, 3.05) is 13.1 Å². The fraction of sp³-hybridized carbons (Fsp3) is 0.917. The molecule has 1 rings (SSSR count). The van der Waals surface area contributed by atoms with Gasteiger partial charge in [0.15, 0.2) is 0 Å². The van der Waals surface area contributed by atoms with Crippen molar-refractivity contribution in [3.63, 3.8) is 0 Å². The minimum absolute atomic E-state index is 0. The lowest BCUT2D eigenvalue weighted by Gasteiger charge is -2.21. The van der Waals surface area contributed by atoms with E-state index >= 15 is 0 Å². The first-order valence-electron chi connectivity index (χ1n) is 6.43. The third kappa shape index (κ3) is 7.11. The number of hydrogen-bond acceptors (Lipinski definition) is 2. The molecule has 0 aromatic carbocycles. The molecule has 0 aromatic heterocycles. The van der Waals surface area contributed by atoms with Crippen LogP contribution < -0.4 is 5.73 Å². The molecule has 1 saturated carbocycles. The molecule has 0 aliphatic heterocycles. The van der Waals surface area contributed by atoms with Crippen LogP contribution in [0.25, 0.3) is 0 Å². The summed E-state index contributed by atoms with van der Waals surface area (Å²) >= 11 is 0. The molecule has 0 heterocycles. The Morgan fingerprint density at radius 3 is 2.33 bits per heavy atom. The zero-order valence-electron chi connectivity index (χ0n) is 10.6. The van der Waals surface area contributed by atoms with E-state index in [0.29, 0.717) is 13.0 Å². The number of hydrogen-bond donors (Lipinski definition) is 1. The van der Waals surface area contributed by atoms with E-state index in [2.05, 4.69) is 0 Å². The average molecular weight is 285 g/mol. The Hall–Kier alpha value is -0.420. The van der Waals surface area contributed by atoms with Crippen molar-refractivity contribution >= 4 is 18.3 Å². The first-order valence-corrected chi connectivity index (χ1v) is 6.43. The highest BCUT2D eigenvalue weighted by atomic mass is 35.5. The molecule has 1 aliphatic carbocycles. The van der Waals surface area contributed by atoms with Crippen LogP contribution in [-0.2, 0) is 4.79 Å². The van der Waals surface area contributed by atoms with Crippen LogP contribution >= 0.6 is 12.4 Å². The van der Waals surface area contributed by atoms with Crippen LogP contribution in [0.1, 0.15) is 44.9 Å². The van der Waals surface area contributed by atoms with Crippen molar-refractivity contribution in [3.05, 3.63) is 0 Å². The summed E-state index contributed by atoms with van der Waals surface area (Å²) in [7, 11) is 0. The van der Waals surface area contributed by atoms with Crippen molar-refractivity contribution in [2.45, 2.75) is 57.4 Å². The van der Waals surface area contributed by atoms with Gasteiger partial charge in [-0.15, -0.1) is 12.4 Å². The van der Waals surface area contributed by atoms with Crippen molar-refractivity contribution in [3.8, 4) is 0 Å². The minimum Gasteiger partial charge on any atom is -0.334 e. The number of alkyl halides is 2. The molecule has 3 nitrogen and oxygen atoms in total. The second kappa shape index (κ2) is 9.50. The van der Waals surface area contributed by atoms with Gasteiger partial charge in [0, 0.05) is 12.5 Å². The van der Waals surface area contributed by atoms with Crippen LogP contribution in [-0.4, -0.2) is 36.4 Å². The standard InChI is InChI=1S/C12H22F2N2O.ClH/c13-11(14)9-16(10-6-7-10)12(17)5-3-1-2-4-8-15;/h10-11H,1-9,15H2;1H. The second-order valence-corrected chi connectivity index (χ2v) is 4.62. The Morgan fingerprint density at radius 1 is 1.22 bits per heavy atom. The molecule has 1 amide bonds. The highest BCUT2D eigenvalue weighted by molar-refractivity contribution is 5.85. The van der Waals surface area contributed by atoms with Gasteiger partial charge in [0.2, 0.25) is 5.91 Å². The molecule has 0 bridgehead atoms. The van der Waals surface area contributed by atoms with E-state index in [1.54, 1.807) is 0 Å². The smallest absolute Gasteiger partial charge is 0.255 e. The lowest BCUT2D eigenvalue weighted by molar-refractivity contribution is -0.133. The lowest BCUT2D eigenvalue weighted by atomic mass is 10.1. The van der Waals surface area contributed by atoms with Crippen LogP contribution in [0.2, 0.25) is 0 Å². The molecule has 18 heavy (non-hydrogen) atoms. The minimum atomic E-state index is -2.42. The molecule has 1 aliphatic rings. The summed E-state index contributed by atoms with van der Waals surface area (Å²) in [5.74, 6) is -0.111. The number of halogens is 3. The van der Waals surface area contributed by atoms with E-state index in [4.69, 9.17) is 5.73 Å². The molecule has 0 atom stereocenters. The van der Waals surface area contributed by atoms with Crippen LogP contribution in [0.3, 0.4) is 0 Å². The van der Waals surface area contributed by atoms with Gasteiger partial charge in [0.25, 0.3) is 6.43 Å². The first kappa shape index (κ1) is 17.6. The summed E-state index contributed by atoms with van der Waals surface area (Å²) in [6.45, 7) is 0.278. The van der Waals surface area contributed by atoms with Gasteiger partial charge >= 0.3 is 0 Å². The Labute approximate surface area is 113 Å². The lowest BCUT2D eigenvalue weighted by Crippen LogP contribution is -2.36. The SMILES string of the molecule is Cl.NCCCCCCC(=O)N(CC(F)F)C1CC1. The van der Waals surface area contributed by atoms with Gasteiger partial charge in [0.1, 0.15) is 0 Å². The molecular formula is C12H23ClF2N2O. The number of rotatable bonds is 9. The fourth-order valence-corrected chi connectivity index (χ4v) is 1.91. The summed E-state index contributed by atoms with van der Waals surface area (Å²) in [5, 5.41) is 0. The normalized spacial score (nSPS) is 14.4. The third-order valence-electron chi connectivity index (χ3n) is 2.99. The third-order valence-corrected chi connectivity index (χ3v) is 2.99. The first-order chi connectivity index (χ1) is 8.15. The largest absolute Gasteiger partial charge is 0.334 e. The Morgan fingerprint density at radius 2 is 1.83 bits per heavy atom. The average Bonchev–Trinajstić information content (AvgIpc) is 3.09. The van der Waals surface area contributed by atoms with Crippen molar-refractivity contribution in [2.24, 2.45) is 5.73 Å². The summed E-state index contributed by atoms with van der Waals surface area (Å²) < 4.78 is 24.6. The highest BCUT2D eigenvalue weighted by Gasteiger charge is 2.33. The molecular weight excluding hydrogens is 262 g/mol. The Kier molecular flexibility index (Phi) is 9.28. The number of nitrogens with two attached hydrogens (primary N) is 1. The molecule has 2 N–H and O–H groups in total. The molecule has 0 radical (unpaired) electrons. The van der Waals surface area contributed by atoms with Crippen LogP contribution in [0.15, 0.2) is 0 Å². The number of nitrogens with zero attached hydrogens (tertiary/aromatic N) is 1. The number of unbranched alkanes of at least 4 members (excludes halogenated alkanes) is 3. The van der Waals surface area contributed by atoms with Gasteiger partial charge < -0.3 is 10.6 Å². The van der Waals surface area contributed by atoms with E-state index in [1.165, 1.54) is 4.90 Å². The maximum absolute atomic E-state index is 12.3. The van der Waals surface area contributed by atoms with Gasteiger partial charge in [0.05, 0.1) is 6.54 Å². The molecule has 6 heteroatoms. The molecule has 0 spiro atoms. The van der Waals surface area contributed by atoms with E-state index < -0.39 is 13.0 Å². The second-order valence-electron chi connectivity index (χ2n) is 4.62. The van der Waals surface area contributed by atoms with E-state index in [0.717, 1.165) is 38.5 Å². The van der Waals surface area contributed by atoms with Crippen molar-refractivity contribution in [1.29, 1.82) is 0 Å². The number of amides is 1. The highest BCUT2D eigenvalue weighted by Crippen LogP contribution is 2.28. The molecule has 0 aromatic rings. The van der Waals surface area contributed by atoms with Crippen molar-refractivity contribution in [1.82, 2.24) is 4.90 Å². The summed E-state index contributed by atoms with van der Waals surface area (Å²) in [6.07, 6.45) is 3.46. The predicted octanol–water partition coefficient (Wildman–Crippen LogP) is 2.57. The van der Waals surface area contributed by atoms with E-state index in [-0.39, 0.29) is 24.4 Å². The molecule has 0 unspecified atom stereocenters. The van der Waals surface area contributed by atoms with Gasteiger partial charge in [-0.3, -0.25) is 4.79 Å². The molecule has 108 valence electrons. The van der Waals surface area contributed by atoms with Gasteiger partial charge in [-0.1, -0.05) is 12.8 Å². The summed E-state index contributed by atoms with van der Waals surface area (Å²) in [5.41, 5.74) is 5.36. The maximum atomic E-state index is 12.3. The molecule has 0 saturated heterocycles. The fourth-order valence-electron chi connectivity index (χ4n) is 1.91. The van der Waals surface area contributed by atoms with Gasteiger partial charge in [-0.05, 0) is 32.2 Å². The number of carbonyl (C=O) groups is 1. The number of carbonyl (C=O) groups excluding carboxylic acids is 1. The quantitative estimate of drug-likeness (QED) is 0.662. The van der Waals surface area contributed by atoms with E-state index in [9.17, 15) is 13.6 Å². The monoisotopic (exact) mass is 284 g/mol. The van der Waals surface area contributed by atoms with Gasteiger partial charge in [-0.25, -0.2) is 8.78 Å². The van der Waals surface area contributed by atoms with Crippen molar-refractivity contribution < 1.29 is 13.6 Å². The molecule has 1 fully saturated rings. The zero-order chi connectivity index (χ0) is 12.7. The van der Waals surface area contributed by atoms with Gasteiger partial charge in [-0.2, -0.15) is 0 Å². The predicted molar refractivity (Wildman–Crippen MR) is 70.1 cm³/mol. The Bertz CT molecular complexity index is 238. The maximum Gasteiger partial charge on any atom is 0.255 e. The van der Waals surface area contributed by atoms with Crippen LogP contribution in [0.4, 0.5) is 8.78 Å².